The predicted octanol–water partition coefficient (Wildman–Crippen LogP) is 4.41. The fourth-order valence-corrected chi connectivity index (χ4v) is 4.51. The third kappa shape index (κ3) is 3.16. The zero-order chi connectivity index (χ0) is 20.7. The van der Waals surface area contributed by atoms with Gasteiger partial charge in [0, 0.05) is 22.2 Å². The number of nitrogens with one attached hydrogen (secondary N) is 2. The molecule has 0 saturated heterocycles. The van der Waals surface area contributed by atoms with Crippen LogP contribution >= 0.6 is 0 Å². The van der Waals surface area contributed by atoms with Gasteiger partial charge in [-0.25, -0.2) is 0 Å². The SMILES string of the molecule is COc1ccc2[nH]c3c(c2c1)CCCC3NC(=O)CC1N=NC(=O)c2ccccc21. The lowest BCUT2D eigenvalue weighted by Gasteiger charge is -2.25. The Hall–Kier alpha value is -3.48. The highest BCUT2D eigenvalue weighted by Crippen LogP contribution is 2.37. The molecule has 1 aliphatic carbocycles. The maximum absolute atomic E-state index is 12.9. The van der Waals surface area contributed by atoms with Crippen molar-refractivity contribution in [1.29, 1.82) is 0 Å². The Balaban J connectivity index is 1.37. The normalized spacial score (nSPS) is 20.0. The fourth-order valence-electron chi connectivity index (χ4n) is 4.51. The number of hydrogen-bond acceptors (Lipinski definition) is 4. The minimum atomic E-state index is -0.436. The first-order valence-electron chi connectivity index (χ1n) is 10.2. The van der Waals surface area contributed by atoms with E-state index in [9.17, 15) is 9.59 Å². The topological polar surface area (TPSA) is 95.9 Å². The second-order valence-corrected chi connectivity index (χ2v) is 7.77. The van der Waals surface area contributed by atoms with E-state index < -0.39 is 6.04 Å². The molecule has 2 amide bonds. The molecule has 5 rings (SSSR count). The first-order valence-corrected chi connectivity index (χ1v) is 10.2. The largest absolute Gasteiger partial charge is 0.497 e. The average Bonchev–Trinajstić information content (AvgIpc) is 3.15. The Morgan fingerprint density at radius 1 is 1.27 bits per heavy atom. The molecule has 152 valence electrons. The molecule has 2 atom stereocenters. The monoisotopic (exact) mass is 402 g/mol. The van der Waals surface area contributed by atoms with Crippen LogP contribution in [-0.4, -0.2) is 23.9 Å². The second-order valence-electron chi connectivity index (χ2n) is 7.77. The summed E-state index contributed by atoms with van der Waals surface area (Å²) >= 11 is 0. The Kier molecular flexibility index (Phi) is 4.58. The van der Waals surface area contributed by atoms with Crippen LogP contribution in [0.4, 0.5) is 0 Å². The number of H-pyrrole nitrogens is 1. The molecule has 7 nitrogen and oxygen atoms in total. The van der Waals surface area contributed by atoms with E-state index in [1.165, 1.54) is 5.56 Å². The van der Waals surface area contributed by atoms with Gasteiger partial charge >= 0.3 is 0 Å². The summed E-state index contributed by atoms with van der Waals surface area (Å²) in [6, 6.07) is 12.7. The zero-order valence-corrected chi connectivity index (χ0v) is 16.6. The van der Waals surface area contributed by atoms with E-state index in [0.29, 0.717) is 5.56 Å². The first kappa shape index (κ1) is 18.5. The Morgan fingerprint density at radius 3 is 3.00 bits per heavy atom. The lowest BCUT2D eigenvalue weighted by atomic mass is 9.91. The highest BCUT2D eigenvalue weighted by Gasteiger charge is 2.29. The standard InChI is InChI=1S/C23H22N4O3/c1-30-13-9-10-18-17(11-13)15-7-4-8-19(22(15)25-18)24-21(28)12-20-14-5-2-3-6-16(14)23(29)27-26-20/h2-3,5-6,9-11,19-20,25H,4,7-8,12H2,1H3,(H,24,28). The molecule has 2 heterocycles. The number of aromatic amines is 1. The molecule has 0 fully saturated rings. The lowest BCUT2D eigenvalue weighted by molar-refractivity contribution is -0.122. The lowest BCUT2D eigenvalue weighted by Crippen LogP contribution is -2.32. The number of methoxy groups -OCH3 is 1. The van der Waals surface area contributed by atoms with E-state index in [1.54, 1.807) is 19.2 Å². The van der Waals surface area contributed by atoms with Gasteiger partial charge in [0.1, 0.15) is 11.8 Å². The van der Waals surface area contributed by atoms with Gasteiger partial charge in [0.2, 0.25) is 5.91 Å². The molecular weight excluding hydrogens is 380 g/mol. The van der Waals surface area contributed by atoms with Crippen LogP contribution in [0.25, 0.3) is 10.9 Å². The smallest absolute Gasteiger partial charge is 0.295 e. The van der Waals surface area contributed by atoms with Crippen molar-refractivity contribution in [3.05, 3.63) is 64.8 Å². The molecule has 0 spiro atoms. The van der Waals surface area contributed by atoms with Crippen molar-refractivity contribution < 1.29 is 14.3 Å². The van der Waals surface area contributed by atoms with Crippen molar-refractivity contribution >= 4 is 22.7 Å². The summed E-state index contributed by atoms with van der Waals surface area (Å²) in [7, 11) is 1.66. The van der Waals surface area contributed by atoms with Gasteiger partial charge in [-0.05, 0) is 54.7 Å². The van der Waals surface area contributed by atoms with E-state index >= 15 is 0 Å². The van der Waals surface area contributed by atoms with Gasteiger partial charge in [0.25, 0.3) is 5.91 Å². The molecule has 2 aliphatic rings. The van der Waals surface area contributed by atoms with Crippen LogP contribution in [0.2, 0.25) is 0 Å². The third-order valence-electron chi connectivity index (χ3n) is 5.97. The van der Waals surface area contributed by atoms with Crippen molar-refractivity contribution in [3.63, 3.8) is 0 Å². The number of amides is 2. The molecule has 7 heteroatoms. The summed E-state index contributed by atoms with van der Waals surface area (Å²) in [6.07, 6.45) is 3.02. The van der Waals surface area contributed by atoms with Crippen molar-refractivity contribution in [1.82, 2.24) is 10.3 Å². The Morgan fingerprint density at radius 2 is 2.13 bits per heavy atom. The predicted molar refractivity (Wildman–Crippen MR) is 112 cm³/mol. The Bertz CT molecular complexity index is 1180. The quantitative estimate of drug-likeness (QED) is 0.677. The van der Waals surface area contributed by atoms with Crippen LogP contribution in [0, 0.1) is 0 Å². The second kappa shape index (κ2) is 7.40. The minimum Gasteiger partial charge on any atom is -0.497 e. The van der Waals surface area contributed by atoms with Crippen LogP contribution in [0.15, 0.2) is 52.7 Å². The molecule has 3 aromatic rings. The molecular formula is C23H22N4O3. The van der Waals surface area contributed by atoms with E-state index in [4.69, 9.17) is 4.74 Å². The van der Waals surface area contributed by atoms with Crippen LogP contribution in [0.5, 0.6) is 5.75 Å². The average molecular weight is 402 g/mol. The van der Waals surface area contributed by atoms with Crippen LogP contribution in [-0.2, 0) is 11.2 Å². The summed E-state index contributed by atoms with van der Waals surface area (Å²) in [4.78, 5) is 28.3. The van der Waals surface area contributed by atoms with E-state index in [2.05, 4.69) is 20.5 Å². The fraction of sp³-hybridized carbons (Fsp3) is 0.304. The number of aryl methyl sites for hydroxylation is 1. The molecule has 0 radical (unpaired) electrons. The molecule has 2 aromatic carbocycles. The van der Waals surface area contributed by atoms with Gasteiger partial charge < -0.3 is 15.0 Å². The number of fused-ring (bicyclic) bond motifs is 4. The molecule has 1 aliphatic heterocycles. The number of benzene rings is 2. The van der Waals surface area contributed by atoms with Gasteiger partial charge in [-0.2, -0.15) is 5.11 Å². The molecule has 30 heavy (non-hydrogen) atoms. The number of nitrogens with zero attached hydrogens (tertiary/aromatic N) is 2. The van der Waals surface area contributed by atoms with Gasteiger partial charge in [-0.1, -0.05) is 18.2 Å². The maximum atomic E-state index is 12.9. The van der Waals surface area contributed by atoms with Gasteiger partial charge in [0.15, 0.2) is 0 Å². The number of azo groups is 1. The number of rotatable bonds is 4. The number of ether oxygens (including phenoxy) is 1. The van der Waals surface area contributed by atoms with Crippen LogP contribution in [0.1, 0.15) is 58.5 Å². The Labute approximate surface area is 173 Å². The highest BCUT2D eigenvalue weighted by molar-refractivity contribution is 5.97. The van der Waals surface area contributed by atoms with Crippen molar-refractivity contribution in [2.75, 3.05) is 7.11 Å². The first-order chi connectivity index (χ1) is 14.6. The number of hydrogen-bond donors (Lipinski definition) is 2. The minimum absolute atomic E-state index is 0.0722. The van der Waals surface area contributed by atoms with E-state index in [1.807, 2.05) is 30.3 Å². The van der Waals surface area contributed by atoms with Crippen molar-refractivity contribution in [3.8, 4) is 5.75 Å². The van der Waals surface area contributed by atoms with Crippen molar-refractivity contribution in [2.45, 2.75) is 37.8 Å². The maximum Gasteiger partial charge on any atom is 0.295 e. The summed E-state index contributed by atoms with van der Waals surface area (Å²) in [5.74, 6) is 0.371. The third-order valence-corrected chi connectivity index (χ3v) is 5.97. The summed E-state index contributed by atoms with van der Waals surface area (Å²) in [6.45, 7) is 0. The van der Waals surface area contributed by atoms with Gasteiger partial charge in [0.05, 0.1) is 19.6 Å². The van der Waals surface area contributed by atoms with Gasteiger partial charge in [-0.3, -0.25) is 9.59 Å². The summed E-state index contributed by atoms with van der Waals surface area (Å²) < 4.78 is 5.37. The van der Waals surface area contributed by atoms with Crippen molar-refractivity contribution in [2.24, 2.45) is 10.2 Å². The molecule has 0 saturated carbocycles. The summed E-state index contributed by atoms with van der Waals surface area (Å²) in [5, 5.41) is 12.1. The number of aromatic nitrogens is 1. The van der Waals surface area contributed by atoms with Gasteiger partial charge in [-0.15, -0.1) is 5.11 Å². The molecule has 0 bridgehead atoms. The zero-order valence-electron chi connectivity index (χ0n) is 16.6. The van der Waals surface area contributed by atoms with E-state index in [-0.39, 0.29) is 24.3 Å². The molecule has 1 aromatic heterocycles. The molecule has 2 unspecified atom stereocenters. The highest BCUT2D eigenvalue weighted by atomic mass is 16.5. The van der Waals surface area contributed by atoms with Crippen LogP contribution < -0.4 is 10.1 Å². The van der Waals surface area contributed by atoms with Crippen LogP contribution in [0.3, 0.4) is 0 Å². The number of carbonyl (C=O) groups is 2. The molecule has 2 N–H and O–H groups in total. The van der Waals surface area contributed by atoms with E-state index in [0.717, 1.165) is 47.2 Å². The summed E-state index contributed by atoms with van der Waals surface area (Å²) in [5.41, 5.74) is 4.65. The number of carbonyl (C=O) groups excluding carboxylic acids is 2.